The molecule has 94 valence electrons. The van der Waals surface area contributed by atoms with E-state index >= 15 is 0 Å². The van der Waals surface area contributed by atoms with E-state index < -0.39 is 0 Å². The summed E-state index contributed by atoms with van der Waals surface area (Å²) in [5.41, 5.74) is 2.01. The maximum atomic E-state index is 11.5. The second-order valence-corrected chi connectivity index (χ2v) is 4.30. The number of carbonyl (C=O) groups is 1. The van der Waals surface area contributed by atoms with Crippen LogP contribution in [0.2, 0.25) is 0 Å². The summed E-state index contributed by atoms with van der Waals surface area (Å²) in [6.45, 7) is 4.12. The molecule has 0 heterocycles. The third-order valence-corrected chi connectivity index (χ3v) is 3.36. The van der Waals surface area contributed by atoms with Gasteiger partial charge in [0.2, 0.25) is 0 Å². The first-order valence-corrected chi connectivity index (χ1v) is 5.91. The van der Waals surface area contributed by atoms with Gasteiger partial charge in [0.15, 0.2) is 0 Å². The van der Waals surface area contributed by atoms with Crippen LogP contribution in [0.15, 0.2) is 24.3 Å². The van der Waals surface area contributed by atoms with Crippen molar-refractivity contribution in [1.29, 1.82) is 0 Å². The molecule has 0 saturated heterocycles. The number of aryl methyl sites for hydroxylation is 1. The topological polar surface area (TPSA) is 38.3 Å². The van der Waals surface area contributed by atoms with E-state index in [2.05, 4.69) is 43.4 Å². The fourth-order valence-electron chi connectivity index (χ4n) is 2.03. The fourth-order valence-corrected chi connectivity index (χ4v) is 2.03. The molecule has 0 fully saturated rings. The molecule has 17 heavy (non-hydrogen) atoms. The van der Waals surface area contributed by atoms with Crippen LogP contribution in [-0.2, 0) is 15.1 Å². The third kappa shape index (κ3) is 3.07. The maximum absolute atomic E-state index is 11.5. The molecule has 0 aliphatic carbocycles. The highest BCUT2D eigenvalue weighted by molar-refractivity contribution is 5.71. The summed E-state index contributed by atoms with van der Waals surface area (Å²) in [4.78, 5) is 11.5. The molecule has 3 heteroatoms. The van der Waals surface area contributed by atoms with Crippen molar-refractivity contribution >= 4 is 5.97 Å². The number of rotatable bonds is 5. The first-order chi connectivity index (χ1) is 8.07. The summed E-state index contributed by atoms with van der Waals surface area (Å²) in [6.07, 6.45) is 1.18. The lowest BCUT2D eigenvalue weighted by Gasteiger charge is -2.32. The summed E-state index contributed by atoms with van der Waals surface area (Å²) >= 11 is 0. The van der Waals surface area contributed by atoms with Gasteiger partial charge in [-0.3, -0.25) is 4.79 Å². The minimum atomic E-state index is -0.333. The van der Waals surface area contributed by atoms with Gasteiger partial charge in [-0.15, -0.1) is 0 Å². The summed E-state index contributed by atoms with van der Waals surface area (Å²) in [6, 6.07) is 8.26. The Labute approximate surface area is 103 Å². The van der Waals surface area contributed by atoms with E-state index in [0.717, 1.165) is 12.0 Å². The predicted octanol–water partition coefficient (Wildman–Crippen LogP) is 2.38. The van der Waals surface area contributed by atoms with E-state index in [4.69, 9.17) is 4.74 Å². The molecule has 0 spiro atoms. The van der Waals surface area contributed by atoms with Crippen LogP contribution in [0.1, 0.15) is 30.9 Å². The van der Waals surface area contributed by atoms with Crippen LogP contribution in [0.5, 0.6) is 0 Å². The van der Waals surface area contributed by atoms with Crippen LogP contribution in [-0.4, -0.2) is 20.1 Å². The summed E-state index contributed by atoms with van der Waals surface area (Å²) in [5, 5.41) is 3.27. The number of methoxy groups -OCH3 is 1. The van der Waals surface area contributed by atoms with Crippen LogP contribution in [0.3, 0.4) is 0 Å². The average Bonchev–Trinajstić information content (AvgIpc) is 2.37. The van der Waals surface area contributed by atoms with Crippen LogP contribution >= 0.6 is 0 Å². The molecular weight excluding hydrogens is 214 g/mol. The maximum Gasteiger partial charge on any atom is 0.307 e. The summed E-state index contributed by atoms with van der Waals surface area (Å²) in [7, 11) is 3.31. The molecule has 1 aromatic rings. The van der Waals surface area contributed by atoms with Crippen molar-refractivity contribution in [2.75, 3.05) is 14.2 Å². The number of carbonyl (C=O) groups excluding carboxylic acids is 1. The molecule has 0 bridgehead atoms. The van der Waals surface area contributed by atoms with Crippen LogP contribution in [0, 0.1) is 6.92 Å². The van der Waals surface area contributed by atoms with Crippen molar-refractivity contribution in [2.45, 2.75) is 32.2 Å². The van der Waals surface area contributed by atoms with Crippen molar-refractivity contribution in [3.8, 4) is 0 Å². The summed E-state index contributed by atoms with van der Waals surface area (Å²) < 4.78 is 4.78. The van der Waals surface area contributed by atoms with Crippen molar-refractivity contribution in [3.05, 3.63) is 35.4 Å². The highest BCUT2D eigenvalue weighted by atomic mass is 16.5. The third-order valence-electron chi connectivity index (χ3n) is 3.36. The number of benzene rings is 1. The molecule has 0 aromatic heterocycles. The van der Waals surface area contributed by atoms with Crippen molar-refractivity contribution < 1.29 is 9.53 Å². The Morgan fingerprint density at radius 2 is 1.94 bits per heavy atom. The molecular formula is C14H21NO2. The Morgan fingerprint density at radius 1 is 1.35 bits per heavy atom. The normalized spacial score (nSPS) is 14.1. The minimum Gasteiger partial charge on any atom is -0.469 e. The van der Waals surface area contributed by atoms with Gasteiger partial charge in [0, 0.05) is 0 Å². The molecule has 0 aliphatic rings. The molecule has 1 unspecified atom stereocenters. The van der Waals surface area contributed by atoms with Crippen molar-refractivity contribution in [2.24, 2.45) is 0 Å². The van der Waals surface area contributed by atoms with Crippen LogP contribution in [0.25, 0.3) is 0 Å². The lowest BCUT2D eigenvalue weighted by atomic mass is 9.84. The second kappa shape index (κ2) is 5.82. The number of ether oxygens (including phenoxy) is 1. The van der Waals surface area contributed by atoms with Gasteiger partial charge in [0.1, 0.15) is 0 Å². The molecule has 3 nitrogen and oxygen atoms in total. The molecule has 0 radical (unpaired) electrons. The highest BCUT2D eigenvalue weighted by Gasteiger charge is 2.31. The van der Waals surface area contributed by atoms with Gasteiger partial charge >= 0.3 is 5.97 Å². The van der Waals surface area contributed by atoms with E-state index in [1.54, 1.807) is 0 Å². The molecule has 1 atom stereocenters. The number of esters is 1. The average molecular weight is 235 g/mol. The minimum absolute atomic E-state index is 0.193. The Hall–Kier alpha value is -1.35. The molecule has 1 rings (SSSR count). The van der Waals surface area contributed by atoms with Gasteiger partial charge in [-0.1, -0.05) is 36.8 Å². The Kier molecular flexibility index (Phi) is 4.70. The van der Waals surface area contributed by atoms with Gasteiger partial charge in [-0.2, -0.15) is 0 Å². The zero-order chi connectivity index (χ0) is 12.9. The van der Waals surface area contributed by atoms with E-state index in [1.165, 1.54) is 12.7 Å². The predicted molar refractivity (Wildman–Crippen MR) is 68.8 cm³/mol. The molecule has 0 aliphatic heterocycles. The van der Waals surface area contributed by atoms with Crippen molar-refractivity contribution in [1.82, 2.24) is 5.32 Å². The lowest BCUT2D eigenvalue weighted by molar-refractivity contribution is -0.142. The van der Waals surface area contributed by atoms with Gasteiger partial charge in [0.25, 0.3) is 0 Å². The van der Waals surface area contributed by atoms with E-state index in [1.807, 2.05) is 7.05 Å². The standard InChI is InChI=1S/C14H21NO2/c1-5-14(15-3,10-13(16)17-4)12-8-6-11(2)7-9-12/h6-9,15H,5,10H2,1-4H3. The largest absolute Gasteiger partial charge is 0.469 e. The van der Waals surface area contributed by atoms with E-state index in [-0.39, 0.29) is 11.5 Å². The van der Waals surface area contributed by atoms with Gasteiger partial charge in [-0.25, -0.2) is 0 Å². The van der Waals surface area contributed by atoms with Crippen molar-refractivity contribution in [3.63, 3.8) is 0 Å². The Morgan fingerprint density at radius 3 is 2.35 bits per heavy atom. The quantitative estimate of drug-likeness (QED) is 0.796. The van der Waals surface area contributed by atoms with Gasteiger partial charge < -0.3 is 10.1 Å². The van der Waals surface area contributed by atoms with E-state index in [0.29, 0.717) is 6.42 Å². The number of hydrogen-bond donors (Lipinski definition) is 1. The van der Waals surface area contributed by atoms with Gasteiger partial charge in [0.05, 0.1) is 19.1 Å². The van der Waals surface area contributed by atoms with Crippen LogP contribution in [0.4, 0.5) is 0 Å². The molecule has 0 saturated carbocycles. The Bertz CT molecular complexity index is 366. The molecule has 0 amide bonds. The second-order valence-electron chi connectivity index (χ2n) is 4.30. The fraction of sp³-hybridized carbons (Fsp3) is 0.500. The zero-order valence-corrected chi connectivity index (χ0v) is 11.0. The van der Waals surface area contributed by atoms with Gasteiger partial charge in [-0.05, 0) is 26.0 Å². The smallest absolute Gasteiger partial charge is 0.307 e. The van der Waals surface area contributed by atoms with E-state index in [9.17, 15) is 4.79 Å². The molecule has 1 aromatic carbocycles. The summed E-state index contributed by atoms with van der Waals surface area (Å²) in [5.74, 6) is -0.193. The monoisotopic (exact) mass is 235 g/mol. The number of hydrogen-bond acceptors (Lipinski definition) is 3. The highest BCUT2D eigenvalue weighted by Crippen LogP contribution is 2.29. The first-order valence-electron chi connectivity index (χ1n) is 5.91. The number of nitrogens with one attached hydrogen (secondary N) is 1. The first kappa shape index (κ1) is 13.7. The van der Waals surface area contributed by atoms with Crippen LogP contribution < -0.4 is 5.32 Å². The zero-order valence-electron chi connectivity index (χ0n) is 11.0. The molecule has 1 N–H and O–H groups in total. The lowest BCUT2D eigenvalue weighted by Crippen LogP contribution is -2.41. The Balaban J connectivity index is 3.05. The SMILES string of the molecule is CCC(CC(=O)OC)(NC)c1ccc(C)cc1.